The number of methoxy groups -OCH3 is 1. The number of aliphatic hydroxyl groups is 1. The molecule has 0 saturated carbocycles. The number of esters is 1. The summed E-state index contributed by atoms with van der Waals surface area (Å²) >= 11 is 0. The first kappa shape index (κ1) is 16.8. The minimum atomic E-state index is -0.501. The van der Waals surface area contributed by atoms with E-state index in [0.29, 0.717) is 17.9 Å². The lowest BCUT2D eigenvalue weighted by atomic mass is 10.2. The van der Waals surface area contributed by atoms with E-state index in [9.17, 15) is 9.90 Å². The van der Waals surface area contributed by atoms with Crippen LogP contribution in [0.3, 0.4) is 0 Å². The third-order valence-electron chi connectivity index (χ3n) is 3.89. The quantitative estimate of drug-likeness (QED) is 0.816. The van der Waals surface area contributed by atoms with E-state index < -0.39 is 6.10 Å². The predicted molar refractivity (Wildman–Crippen MR) is 84.2 cm³/mol. The summed E-state index contributed by atoms with van der Waals surface area (Å²) < 4.78 is 10.2. The molecule has 0 radical (unpaired) electrons. The minimum Gasteiger partial charge on any atom is -0.491 e. The van der Waals surface area contributed by atoms with Crippen molar-refractivity contribution in [3.05, 3.63) is 29.8 Å². The second-order valence-corrected chi connectivity index (χ2v) is 5.70. The van der Waals surface area contributed by atoms with Crippen molar-refractivity contribution in [3.8, 4) is 5.75 Å². The van der Waals surface area contributed by atoms with Gasteiger partial charge in [-0.2, -0.15) is 0 Å². The Labute approximate surface area is 131 Å². The molecule has 1 aliphatic rings. The molecule has 5 nitrogen and oxygen atoms in total. The van der Waals surface area contributed by atoms with Crippen LogP contribution in [0.1, 0.15) is 36.0 Å². The number of hydrogen-bond donors (Lipinski definition) is 1. The van der Waals surface area contributed by atoms with Gasteiger partial charge in [0.15, 0.2) is 0 Å². The molecule has 1 aliphatic heterocycles. The molecule has 1 aromatic carbocycles. The van der Waals surface area contributed by atoms with Gasteiger partial charge in [-0.05, 0) is 50.2 Å². The van der Waals surface area contributed by atoms with Gasteiger partial charge >= 0.3 is 5.97 Å². The van der Waals surface area contributed by atoms with Gasteiger partial charge in [-0.25, -0.2) is 4.79 Å². The first-order valence-electron chi connectivity index (χ1n) is 7.90. The average Bonchev–Trinajstić information content (AvgIpc) is 2.81. The van der Waals surface area contributed by atoms with Crippen molar-refractivity contribution in [1.29, 1.82) is 0 Å². The molecule has 1 aromatic rings. The lowest BCUT2D eigenvalue weighted by Crippen LogP contribution is -2.36. The largest absolute Gasteiger partial charge is 0.491 e. The van der Waals surface area contributed by atoms with Gasteiger partial charge in [0.25, 0.3) is 0 Å². The van der Waals surface area contributed by atoms with Crippen molar-refractivity contribution in [2.45, 2.75) is 31.8 Å². The number of rotatable bonds is 6. The number of β-amino-alcohol motifs (C(OH)–C–C–N with tert-alkyl or cyclic N) is 1. The second kappa shape index (κ2) is 8.76. The number of carbonyl (C=O) groups is 1. The van der Waals surface area contributed by atoms with Crippen LogP contribution in [0.4, 0.5) is 0 Å². The van der Waals surface area contributed by atoms with Gasteiger partial charge < -0.3 is 19.5 Å². The van der Waals surface area contributed by atoms with Crippen LogP contribution in [0.15, 0.2) is 24.3 Å². The summed E-state index contributed by atoms with van der Waals surface area (Å²) in [6, 6.07) is 6.74. The van der Waals surface area contributed by atoms with Crippen LogP contribution in [0.25, 0.3) is 0 Å². The van der Waals surface area contributed by atoms with Crippen LogP contribution in [0.2, 0.25) is 0 Å². The highest BCUT2D eigenvalue weighted by atomic mass is 16.5. The molecular weight excluding hydrogens is 282 g/mol. The van der Waals surface area contributed by atoms with E-state index in [1.807, 2.05) is 0 Å². The molecule has 1 saturated heterocycles. The van der Waals surface area contributed by atoms with Crippen molar-refractivity contribution in [1.82, 2.24) is 4.90 Å². The van der Waals surface area contributed by atoms with Crippen molar-refractivity contribution in [3.63, 3.8) is 0 Å². The van der Waals surface area contributed by atoms with E-state index >= 15 is 0 Å². The Bertz CT molecular complexity index is 452. The van der Waals surface area contributed by atoms with Gasteiger partial charge in [0.05, 0.1) is 12.7 Å². The van der Waals surface area contributed by atoms with Gasteiger partial charge in [0, 0.05) is 6.54 Å². The van der Waals surface area contributed by atoms with Crippen molar-refractivity contribution < 1.29 is 19.4 Å². The first-order chi connectivity index (χ1) is 10.7. The summed E-state index contributed by atoms with van der Waals surface area (Å²) in [7, 11) is 1.35. The minimum absolute atomic E-state index is 0.258. The maximum absolute atomic E-state index is 11.3. The Balaban J connectivity index is 1.75. The summed E-state index contributed by atoms with van der Waals surface area (Å²) in [5.41, 5.74) is 0.486. The van der Waals surface area contributed by atoms with Crippen LogP contribution in [-0.2, 0) is 4.74 Å². The maximum Gasteiger partial charge on any atom is 0.337 e. The molecule has 122 valence electrons. The Morgan fingerprint density at radius 1 is 1.18 bits per heavy atom. The van der Waals surface area contributed by atoms with Crippen molar-refractivity contribution >= 4 is 5.97 Å². The van der Waals surface area contributed by atoms with Crippen molar-refractivity contribution in [2.24, 2.45) is 0 Å². The third kappa shape index (κ3) is 5.31. The zero-order valence-corrected chi connectivity index (χ0v) is 13.2. The first-order valence-corrected chi connectivity index (χ1v) is 7.90. The molecular formula is C17H25NO4. The summed E-state index contributed by atoms with van der Waals surface area (Å²) in [5.74, 6) is 0.273. The molecule has 0 bridgehead atoms. The maximum atomic E-state index is 11.3. The topological polar surface area (TPSA) is 59.0 Å². The number of hydrogen-bond acceptors (Lipinski definition) is 5. The zero-order valence-electron chi connectivity index (χ0n) is 13.2. The van der Waals surface area contributed by atoms with Crippen molar-refractivity contribution in [2.75, 3.05) is 33.4 Å². The fraction of sp³-hybridized carbons (Fsp3) is 0.588. The number of benzene rings is 1. The van der Waals surface area contributed by atoms with Gasteiger partial charge in [-0.3, -0.25) is 0 Å². The van der Waals surface area contributed by atoms with E-state index in [0.717, 1.165) is 13.1 Å². The number of carbonyl (C=O) groups excluding carboxylic acids is 1. The molecule has 0 aliphatic carbocycles. The van der Waals surface area contributed by atoms with Crippen LogP contribution in [0, 0.1) is 0 Å². The summed E-state index contributed by atoms with van der Waals surface area (Å²) in [5, 5.41) is 10.1. The summed E-state index contributed by atoms with van der Waals surface area (Å²) in [4.78, 5) is 13.6. The fourth-order valence-electron chi connectivity index (χ4n) is 2.67. The summed E-state index contributed by atoms with van der Waals surface area (Å²) in [6.45, 7) is 3.03. The normalized spacial score (nSPS) is 17.5. The van der Waals surface area contributed by atoms with Gasteiger partial charge in [-0.1, -0.05) is 12.8 Å². The fourth-order valence-corrected chi connectivity index (χ4v) is 2.67. The molecule has 0 amide bonds. The zero-order chi connectivity index (χ0) is 15.8. The number of likely N-dealkylation sites (tertiary alicyclic amines) is 1. The van der Waals surface area contributed by atoms with E-state index in [2.05, 4.69) is 9.64 Å². The third-order valence-corrected chi connectivity index (χ3v) is 3.89. The van der Waals surface area contributed by atoms with E-state index in [4.69, 9.17) is 4.74 Å². The molecule has 5 heteroatoms. The molecule has 0 spiro atoms. The average molecular weight is 307 g/mol. The van der Waals surface area contributed by atoms with E-state index in [-0.39, 0.29) is 12.6 Å². The highest BCUT2D eigenvalue weighted by Gasteiger charge is 2.14. The van der Waals surface area contributed by atoms with Crippen LogP contribution < -0.4 is 4.74 Å². The van der Waals surface area contributed by atoms with Gasteiger partial charge in [0.2, 0.25) is 0 Å². The molecule has 1 N–H and O–H groups in total. The number of ether oxygens (including phenoxy) is 2. The van der Waals surface area contributed by atoms with Gasteiger partial charge in [0.1, 0.15) is 18.5 Å². The van der Waals surface area contributed by atoms with E-state index in [1.54, 1.807) is 24.3 Å². The summed E-state index contributed by atoms with van der Waals surface area (Å²) in [6.07, 6.45) is 4.49. The Morgan fingerprint density at radius 2 is 1.82 bits per heavy atom. The Kier molecular flexibility index (Phi) is 6.68. The Hall–Kier alpha value is -1.59. The molecule has 1 heterocycles. The number of aliphatic hydroxyl groups excluding tert-OH is 1. The molecule has 0 aromatic heterocycles. The molecule has 1 fully saturated rings. The van der Waals surface area contributed by atoms with E-state index in [1.165, 1.54) is 32.8 Å². The smallest absolute Gasteiger partial charge is 0.337 e. The van der Waals surface area contributed by atoms with Crippen LogP contribution >= 0.6 is 0 Å². The highest BCUT2D eigenvalue weighted by molar-refractivity contribution is 5.89. The van der Waals surface area contributed by atoms with Crippen LogP contribution in [0.5, 0.6) is 5.75 Å². The molecule has 0 unspecified atom stereocenters. The Morgan fingerprint density at radius 3 is 2.41 bits per heavy atom. The number of nitrogens with zero attached hydrogens (tertiary/aromatic N) is 1. The van der Waals surface area contributed by atoms with Crippen LogP contribution in [-0.4, -0.2) is 55.4 Å². The highest BCUT2D eigenvalue weighted by Crippen LogP contribution is 2.14. The molecule has 22 heavy (non-hydrogen) atoms. The second-order valence-electron chi connectivity index (χ2n) is 5.70. The SMILES string of the molecule is COC(=O)c1ccc(OC[C@H](O)CN2CCCCCC2)cc1. The lowest BCUT2D eigenvalue weighted by Gasteiger charge is -2.23. The van der Waals surface area contributed by atoms with Gasteiger partial charge in [-0.15, -0.1) is 0 Å². The lowest BCUT2D eigenvalue weighted by molar-refractivity contribution is 0.0599. The standard InChI is InChI=1S/C17H25NO4/c1-21-17(20)14-6-8-16(9-7-14)22-13-15(19)12-18-10-4-2-3-5-11-18/h6-9,15,19H,2-5,10-13H2,1H3/t15-/m1/s1. The predicted octanol–water partition coefficient (Wildman–Crippen LogP) is 2.09. The molecule has 2 rings (SSSR count). The monoisotopic (exact) mass is 307 g/mol. The molecule has 1 atom stereocenters.